The molecule has 2 saturated heterocycles. The fourth-order valence-electron chi connectivity index (χ4n) is 7.57. The van der Waals surface area contributed by atoms with Gasteiger partial charge in [-0.25, -0.2) is 4.98 Å². The molecule has 2 fully saturated rings. The maximum atomic E-state index is 13.3. The number of nitrogens with zero attached hydrogens (tertiary/aromatic N) is 3. The molecule has 1 spiro atoms. The van der Waals surface area contributed by atoms with Crippen molar-refractivity contribution in [1.29, 1.82) is 0 Å². The van der Waals surface area contributed by atoms with Gasteiger partial charge in [-0.2, -0.15) is 13.1 Å². The summed E-state index contributed by atoms with van der Waals surface area (Å²) < 4.78 is 52.0. The van der Waals surface area contributed by atoms with E-state index in [9.17, 15) is 23.1 Å². The third-order valence-corrected chi connectivity index (χ3v) is 12.5. The Hall–Kier alpha value is -3.68. The lowest BCUT2D eigenvalue weighted by Gasteiger charge is -2.47. The number of phenols is 1. The highest BCUT2D eigenvalue weighted by Crippen LogP contribution is 2.39. The Morgan fingerprint density at radius 2 is 1.84 bits per heavy atom. The average molecular weight is 829 g/mol. The van der Waals surface area contributed by atoms with Crippen molar-refractivity contribution in [2.45, 2.75) is 76.4 Å². The number of rotatable bonds is 19. The first-order valence-electron chi connectivity index (χ1n) is 19.9. The topological polar surface area (TPSA) is 192 Å². The fraction of sp³-hybridized carbons (Fsp3) is 0.575. The number of phenolic OH excluding ortho intramolecular Hbond substituents is 1. The van der Waals surface area contributed by atoms with Crippen LogP contribution in [0.15, 0.2) is 41.8 Å². The van der Waals surface area contributed by atoms with Crippen molar-refractivity contribution in [2.24, 2.45) is 0 Å². The Morgan fingerprint density at radius 1 is 1.07 bits per heavy atom. The first-order chi connectivity index (χ1) is 27.4. The Kier molecular flexibility index (Phi) is 14.9. The second-order valence-electron chi connectivity index (χ2n) is 15.4. The molecule has 1 atom stereocenters. The maximum absolute atomic E-state index is 13.3. The number of carbonyl (C=O) groups is 2. The van der Waals surface area contributed by atoms with E-state index in [1.54, 1.807) is 17.4 Å². The quantitative estimate of drug-likeness (QED) is 0.0669. The second-order valence-corrected chi connectivity index (χ2v) is 17.5. The molecular weight excluding hydrogens is 773 g/mol. The van der Waals surface area contributed by atoms with Gasteiger partial charge in [0.1, 0.15) is 17.1 Å². The zero-order chi connectivity index (χ0) is 40.4. The van der Waals surface area contributed by atoms with Crippen LogP contribution < -0.4 is 20.1 Å². The summed E-state index contributed by atoms with van der Waals surface area (Å²) >= 11 is 1.55. The number of hydrogen-bond acceptors (Lipinski definition) is 12. The Bertz CT molecular complexity index is 1930. The molecule has 0 saturated carbocycles. The molecule has 3 aliphatic heterocycles. The summed E-state index contributed by atoms with van der Waals surface area (Å²) in [6.07, 6.45) is 4.75. The first kappa shape index (κ1) is 42.9. The predicted molar refractivity (Wildman–Crippen MR) is 218 cm³/mol. The number of amides is 2. The molecule has 4 heterocycles. The minimum absolute atomic E-state index is 0.00206. The summed E-state index contributed by atoms with van der Waals surface area (Å²) in [6, 6.07) is 11.8. The van der Waals surface area contributed by atoms with Gasteiger partial charge in [0.05, 0.1) is 36.5 Å². The first-order valence-corrected chi connectivity index (χ1v) is 22.2. The number of aromatic nitrogens is 1. The van der Waals surface area contributed by atoms with Crippen molar-refractivity contribution >= 4 is 39.1 Å². The number of fused-ring (bicyclic) bond motifs is 1. The summed E-state index contributed by atoms with van der Waals surface area (Å²) in [5.41, 5.74) is 3.80. The van der Waals surface area contributed by atoms with Crippen molar-refractivity contribution < 1.29 is 41.9 Å². The lowest BCUT2D eigenvalue weighted by Crippen LogP contribution is -2.58. The number of ether oxygens (including phenoxy) is 3. The number of likely N-dealkylation sites (tertiary alicyclic amines) is 1. The SMILES string of the molecule is CC(C)c1nc(C(=O)N2CCOC3(CCN(CCc4cccc(CCOC(CCNCCc5ccc(O)c6c5OCC(=O)N6)CCNS(=O)(=O)O)c4)CC3)C2)cs1. The number of anilines is 1. The molecule has 5 N–H and O–H groups in total. The lowest BCUT2D eigenvalue weighted by molar-refractivity contribution is -0.127. The van der Waals surface area contributed by atoms with Crippen LogP contribution in [0.4, 0.5) is 5.69 Å². The van der Waals surface area contributed by atoms with E-state index >= 15 is 0 Å². The van der Waals surface area contributed by atoms with E-state index < -0.39 is 10.3 Å². The third-order valence-electron chi connectivity index (χ3n) is 10.8. The van der Waals surface area contributed by atoms with Crippen LogP contribution in [0.3, 0.4) is 0 Å². The van der Waals surface area contributed by atoms with Gasteiger partial charge in [-0.3, -0.25) is 14.1 Å². The highest BCUT2D eigenvalue weighted by atomic mass is 32.2. The van der Waals surface area contributed by atoms with Crippen molar-refractivity contribution in [1.82, 2.24) is 24.8 Å². The molecule has 17 heteroatoms. The number of hydrogen-bond donors (Lipinski definition) is 5. The largest absolute Gasteiger partial charge is 0.506 e. The van der Waals surface area contributed by atoms with Gasteiger partial charge in [0.15, 0.2) is 12.4 Å². The van der Waals surface area contributed by atoms with E-state index in [-0.39, 0.29) is 48.1 Å². The van der Waals surface area contributed by atoms with E-state index in [1.807, 2.05) is 10.3 Å². The molecule has 2 aromatic carbocycles. The third kappa shape index (κ3) is 12.4. The molecule has 0 aliphatic carbocycles. The van der Waals surface area contributed by atoms with Gasteiger partial charge in [0.25, 0.3) is 11.8 Å². The van der Waals surface area contributed by atoms with E-state index in [2.05, 4.69) is 63.4 Å². The molecule has 1 unspecified atom stereocenters. The van der Waals surface area contributed by atoms with Crippen LogP contribution in [-0.4, -0.2) is 129 Å². The highest BCUT2D eigenvalue weighted by molar-refractivity contribution is 7.83. The zero-order valence-corrected chi connectivity index (χ0v) is 34.5. The number of aromatic hydroxyl groups is 1. The molecule has 6 rings (SSSR count). The molecule has 3 aromatic rings. The van der Waals surface area contributed by atoms with Gasteiger partial charge in [-0.05, 0) is 80.8 Å². The van der Waals surface area contributed by atoms with Gasteiger partial charge < -0.3 is 39.8 Å². The monoisotopic (exact) mass is 828 g/mol. The van der Waals surface area contributed by atoms with E-state index in [1.165, 1.54) is 11.6 Å². The standard InChI is InChI=1S/C40H56N6O9S2/c1-28(2)38-43-33(26-56-38)39(49)46-21-23-55-40(27-46)13-19-45(20-14-40)18-11-29-4-3-5-30(24-29)12-22-53-32(10-17-42-57(50,51)52)9-16-41-15-8-31-6-7-34(47)36-37(31)54-25-35(48)44-36/h3-7,24,26,28,32,41-42,47H,8-23,25,27H2,1-2H3,(H,44,48)(H,50,51,52). The van der Waals surface area contributed by atoms with Crippen LogP contribution in [0.1, 0.15) is 77.6 Å². The predicted octanol–water partition coefficient (Wildman–Crippen LogP) is 3.79. The number of nitrogens with one attached hydrogen (secondary N) is 3. The van der Waals surface area contributed by atoms with Crippen molar-refractivity contribution in [3.8, 4) is 11.5 Å². The molecule has 15 nitrogen and oxygen atoms in total. The zero-order valence-electron chi connectivity index (χ0n) is 32.8. The minimum atomic E-state index is -4.30. The van der Waals surface area contributed by atoms with Gasteiger partial charge >= 0.3 is 10.3 Å². The molecule has 2 amide bonds. The highest BCUT2D eigenvalue weighted by Gasteiger charge is 2.41. The normalized spacial score (nSPS) is 17.7. The van der Waals surface area contributed by atoms with E-state index in [4.69, 9.17) is 18.8 Å². The van der Waals surface area contributed by atoms with Crippen LogP contribution in [0, 0.1) is 0 Å². The van der Waals surface area contributed by atoms with Crippen molar-refractivity contribution in [3.05, 3.63) is 69.2 Å². The van der Waals surface area contributed by atoms with Crippen molar-refractivity contribution in [2.75, 3.05) is 77.5 Å². The summed E-state index contributed by atoms with van der Waals surface area (Å²) in [4.78, 5) is 34.0. The van der Waals surface area contributed by atoms with Crippen LogP contribution in [0.25, 0.3) is 0 Å². The number of piperidine rings is 1. The van der Waals surface area contributed by atoms with Crippen LogP contribution in [0.2, 0.25) is 0 Å². The van der Waals surface area contributed by atoms with Gasteiger partial charge in [-0.1, -0.05) is 44.2 Å². The average Bonchev–Trinajstić information content (AvgIpc) is 3.69. The van der Waals surface area contributed by atoms with Crippen LogP contribution in [-0.2, 0) is 43.8 Å². The Morgan fingerprint density at radius 3 is 2.60 bits per heavy atom. The molecule has 0 bridgehead atoms. The molecular formula is C40H56N6O9S2. The second kappa shape index (κ2) is 19.8. The number of benzene rings is 2. The summed E-state index contributed by atoms with van der Waals surface area (Å²) in [6.45, 7) is 10.3. The van der Waals surface area contributed by atoms with Gasteiger partial charge in [0, 0.05) is 44.0 Å². The summed E-state index contributed by atoms with van der Waals surface area (Å²) in [5.74, 6) is 0.421. The molecule has 312 valence electrons. The summed E-state index contributed by atoms with van der Waals surface area (Å²) in [7, 11) is -4.30. The molecule has 0 radical (unpaired) electrons. The number of morpholine rings is 1. The van der Waals surface area contributed by atoms with Crippen LogP contribution in [0.5, 0.6) is 11.5 Å². The molecule has 57 heavy (non-hydrogen) atoms. The Balaban J connectivity index is 0.920. The van der Waals surface area contributed by atoms with E-state index in [0.29, 0.717) is 82.4 Å². The van der Waals surface area contributed by atoms with Crippen LogP contribution >= 0.6 is 11.3 Å². The molecule has 1 aromatic heterocycles. The fourth-order valence-corrected chi connectivity index (χ4v) is 8.76. The summed E-state index contributed by atoms with van der Waals surface area (Å²) in [5, 5.41) is 19.0. The maximum Gasteiger partial charge on any atom is 0.333 e. The van der Waals surface area contributed by atoms with Crippen molar-refractivity contribution in [3.63, 3.8) is 0 Å². The minimum Gasteiger partial charge on any atom is -0.506 e. The van der Waals surface area contributed by atoms with Gasteiger partial charge in [-0.15, -0.1) is 11.3 Å². The van der Waals surface area contributed by atoms with E-state index in [0.717, 1.165) is 55.0 Å². The number of carbonyl (C=O) groups excluding carboxylic acids is 2. The smallest absolute Gasteiger partial charge is 0.333 e. The molecule has 3 aliphatic rings. The lowest BCUT2D eigenvalue weighted by atomic mass is 9.89. The number of thiazole rings is 1. The van der Waals surface area contributed by atoms with Gasteiger partial charge in [0.2, 0.25) is 0 Å². The Labute approximate surface area is 339 Å².